The molecule has 1 N–H and O–H groups in total. The third-order valence-electron chi connectivity index (χ3n) is 4.04. The van der Waals surface area contributed by atoms with Gasteiger partial charge in [-0.05, 0) is 40.5 Å². The number of rotatable bonds is 5. The van der Waals surface area contributed by atoms with E-state index in [0.717, 1.165) is 27.6 Å². The number of carbonyl (C=O) groups excluding carboxylic acids is 1. The maximum atomic E-state index is 12.3. The minimum Gasteiger partial charge on any atom is -0.273 e. The summed E-state index contributed by atoms with van der Waals surface area (Å²) in [5.41, 5.74) is 5.38. The average Bonchev–Trinajstić information content (AvgIpc) is 2.63. The molecule has 4 heteroatoms. The molecule has 3 rings (SSSR count). The summed E-state index contributed by atoms with van der Waals surface area (Å²) in [6.07, 6.45) is 0.992. The molecule has 0 unspecified atom stereocenters. The number of carbonyl (C=O) groups is 1. The highest BCUT2D eigenvalue weighted by atomic mass is 35.5. The number of hydrogen-bond acceptors (Lipinski definition) is 2. The number of fused-ring (bicyclic) bond motifs is 1. The van der Waals surface area contributed by atoms with Gasteiger partial charge in [0.15, 0.2) is 0 Å². The zero-order valence-corrected chi connectivity index (χ0v) is 14.8. The van der Waals surface area contributed by atoms with E-state index in [1.165, 1.54) is 0 Å². The van der Waals surface area contributed by atoms with Gasteiger partial charge in [0.2, 0.25) is 5.91 Å². The van der Waals surface area contributed by atoms with Crippen LogP contribution in [-0.2, 0) is 11.2 Å². The van der Waals surface area contributed by atoms with E-state index in [0.29, 0.717) is 11.4 Å². The second-order valence-corrected chi connectivity index (χ2v) is 6.21. The first-order chi connectivity index (χ1) is 12.2. The highest BCUT2D eigenvalue weighted by Crippen LogP contribution is 2.19. The third-order valence-corrected chi connectivity index (χ3v) is 4.27. The van der Waals surface area contributed by atoms with E-state index in [-0.39, 0.29) is 12.3 Å². The van der Waals surface area contributed by atoms with Crippen LogP contribution in [-0.4, -0.2) is 11.6 Å². The number of halogens is 1. The Morgan fingerprint density at radius 2 is 1.80 bits per heavy atom. The van der Waals surface area contributed by atoms with Gasteiger partial charge in [-0.25, -0.2) is 5.43 Å². The van der Waals surface area contributed by atoms with E-state index in [2.05, 4.69) is 10.5 Å². The van der Waals surface area contributed by atoms with Crippen LogP contribution >= 0.6 is 11.6 Å². The van der Waals surface area contributed by atoms with Crippen molar-refractivity contribution in [2.75, 3.05) is 0 Å². The summed E-state index contributed by atoms with van der Waals surface area (Å²) in [5, 5.41) is 7.16. The van der Waals surface area contributed by atoms with Crippen LogP contribution in [0.2, 0.25) is 5.02 Å². The zero-order valence-electron chi connectivity index (χ0n) is 14.0. The molecule has 3 aromatic carbocycles. The lowest BCUT2D eigenvalue weighted by atomic mass is 10.0. The Morgan fingerprint density at radius 3 is 2.60 bits per heavy atom. The molecule has 1 amide bonds. The normalized spacial score (nSPS) is 11.5. The minimum absolute atomic E-state index is 0.135. The van der Waals surface area contributed by atoms with Crippen LogP contribution in [0.3, 0.4) is 0 Å². The van der Waals surface area contributed by atoms with Crippen LogP contribution in [0.1, 0.15) is 24.5 Å². The van der Waals surface area contributed by atoms with Gasteiger partial charge in [0, 0.05) is 5.02 Å². The van der Waals surface area contributed by atoms with Gasteiger partial charge in [0.05, 0.1) is 12.1 Å². The molecule has 3 aromatic rings. The first-order valence-electron chi connectivity index (χ1n) is 8.25. The molecule has 0 aromatic heterocycles. The molecule has 0 radical (unpaired) electrons. The predicted octanol–water partition coefficient (Wildman–Crippen LogP) is 4.97. The van der Waals surface area contributed by atoms with Crippen LogP contribution in [0.15, 0.2) is 71.8 Å². The molecule has 126 valence electrons. The molecule has 0 heterocycles. The van der Waals surface area contributed by atoms with Crippen LogP contribution in [0.25, 0.3) is 10.8 Å². The van der Waals surface area contributed by atoms with Crippen molar-refractivity contribution in [3.05, 3.63) is 82.9 Å². The SMILES string of the molecule is CCC(=NNC(=O)Cc1cccc2ccccc12)c1cccc(Cl)c1. The highest BCUT2D eigenvalue weighted by Gasteiger charge is 2.07. The Morgan fingerprint density at radius 1 is 1.04 bits per heavy atom. The summed E-state index contributed by atoms with van der Waals surface area (Å²) in [6, 6.07) is 21.5. The van der Waals surface area contributed by atoms with Gasteiger partial charge >= 0.3 is 0 Å². The Balaban J connectivity index is 1.75. The van der Waals surface area contributed by atoms with E-state index in [9.17, 15) is 4.79 Å². The summed E-state index contributed by atoms with van der Waals surface area (Å²) in [6.45, 7) is 2.00. The fourth-order valence-electron chi connectivity index (χ4n) is 2.80. The summed E-state index contributed by atoms with van der Waals surface area (Å²) in [7, 11) is 0. The van der Waals surface area contributed by atoms with E-state index >= 15 is 0 Å². The Hall–Kier alpha value is -2.65. The van der Waals surface area contributed by atoms with E-state index in [4.69, 9.17) is 11.6 Å². The molecule has 0 bridgehead atoms. The first-order valence-corrected chi connectivity index (χ1v) is 8.63. The average molecular weight is 351 g/mol. The standard InChI is InChI=1S/C21H19ClN2O/c1-2-20(17-10-6-11-18(22)13-17)23-24-21(25)14-16-9-5-8-15-7-3-4-12-19(15)16/h3-13H,2,14H2,1H3,(H,24,25). The predicted molar refractivity (Wildman–Crippen MR) is 104 cm³/mol. The van der Waals surface area contributed by atoms with Gasteiger partial charge in [-0.15, -0.1) is 0 Å². The van der Waals surface area contributed by atoms with Gasteiger partial charge in [-0.1, -0.05) is 73.1 Å². The molecule has 0 atom stereocenters. The maximum Gasteiger partial charge on any atom is 0.244 e. The lowest BCUT2D eigenvalue weighted by Crippen LogP contribution is -2.22. The number of amides is 1. The molecule has 0 aliphatic carbocycles. The summed E-state index contributed by atoms with van der Waals surface area (Å²) >= 11 is 6.03. The summed E-state index contributed by atoms with van der Waals surface area (Å²) in [5.74, 6) is -0.135. The van der Waals surface area contributed by atoms with E-state index < -0.39 is 0 Å². The fraction of sp³-hybridized carbons (Fsp3) is 0.143. The number of hydrazone groups is 1. The Kier molecular flexibility index (Phi) is 5.46. The van der Waals surface area contributed by atoms with Crippen molar-refractivity contribution in [2.45, 2.75) is 19.8 Å². The molecule has 0 spiro atoms. The maximum absolute atomic E-state index is 12.3. The molecule has 0 aliphatic rings. The quantitative estimate of drug-likeness (QED) is 0.512. The van der Waals surface area contributed by atoms with Gasteiger partial charge in [0.1, 0.15) is 0 Å². The second kappa shape index (κ2) is 7.95. The van der Waals surface area contributed by atoms with Crippen molar-refractivity contribution in [3.8, 4) is 0 Å². The smallest absolute Gasteiger partial charge is 0.244 e. The Bertz CT molecular complexity index is 929. The second-order valence-electron chi connectivity index (χ2n) is 5.77. The molecule has 0 saturated heterocycles. The number of benzene rings is 3. The van der Waals surface area contributed by atoms with Crippen LogP contribution in [0.4, 0.5) is 0 Å². The van der Waals surface area contributed by atoms with E-state index in [1.807, 2.05) is 73.7 Å². The van der Waals surface area contributed by atoms with Gasteiger partial charge in [-0.3, -0.25) is 4.79 Å². The molecule has 3 nitrogen and oxygen atoms in total. The fourth-order valence-corrected chi connectivity index (χ4v) is 2.99. The van der Waals surface area contributed by atoms with Gasteiger partial charge in [-0.2, -0.15) is 5.10 Å². The summed E-state index contributed by atoms with van der Waals surface area (Å²) in [4.78, 5) is 12.3. The molecule has 0 saturated carbocycles. The van der Waals surface area contributed by atoms with Crippen LogP contribution < -0.4 is 5.43 Å². The Labute approximate surface area is 152 Å². The van der Waals surface area contributed by atoms with Crippen molar-refractivity contribution in [1.82, 2.24) is 5.43 Å². The topological polar surface area (TPSA) is 41.5 Å². The van der Waals surface area contributed by atoms with Crippen molar-refractivity contribution in [1.29, 1.82) is 0 Å². The van der Waals surface area contributed by atoms with Crippen molar-refractivity contribution in [2.24, 2.45) is 5.10 Å². The molecule has 0 fully saturated rings. The lowest BCUT2D eigenvalue weighted by molar-refractivity contribution is -0.120. The largest absolute Gasteiger partial charge is 0.273 e. The van der Waals surface area contributed by atoms with Crippen LogP contribution in [0, 0.1) is 0 Å². The van der Waals surface area contributed by atoms with Crippen molar-refractivity contribution >= 4 is 34.0 Å². The van der Waals surface area contributed by atoms with Crippen molar-refractivity contribution < 1.29 is 4.79 Å². The zero-order chi connectivity index (χ0) is 17.6. The van der Waals surface area contributed by atoms with E-state index in [1.54, 1.807) is 0 Å². The number of nitrogens with zero attached hydrogens (tertiary/aromatic N) is 1. The number of nitrogens with one attached hydrogen (secondary N) is 1. The third kappa shape index (κ3) is 4.25. The monoisotopic (exact) mass is 350 g/mol. The lowest BCUT2D eigenvalue weighted by Gasteiger charge is -2.08. The van der Waals surface area contributed by atoms with Gasteiger partial charge in [0.25, 0.3) is 0 Å². The minimum atomic E-state index is -0.135. The van der Waals surface area contributed by atoms with Crippen molar-refractivity contribution in [3.63, 3.8) is 0 Å². The molecular formula is C21H19ClN2O. The molecule has 25 heavy (non-hydrogen) atoms. The highest BCUT2D eigenvalue weighted by molar-refractivity contribution is 6.31. The van der Waals surface area contributed by atoms with Crippen LogP contribution in [0.5, 0.6) is 0 Å². The summed E-state index contributed by atoms with van der Waals surface area (Å²) < 4.78 is 0. The number of hydrogen-bond donors (Lipinski definition) is 1. The van der Waals surface area contributed by atoms with Gasteiger partial charge < -0.3 is 0 Å². The molecular weight excluding hydrogens is 332 g/mol. The molecule has 0 aliphatic heterocycles. The first kappa shape index (κ1) is 17.2.